The van der Waals surface area contributed by atoms with E-state index in [-0.39, 0.29) is 35.1 Å². The quantitative estimate of drug-likeness (QED) is 0.553. The molecule has 6 nitrogen and oxygen atoms in total. The molecule has 0 aliphatic carbocycles. The Bertz CT molecular complexity index is 1530. The van der Waals surface area contributed by atoms with Crippen LogP contribution in [0.3, 0.4) is 0 Å². The zero-order valence-electron chi connectivity index (χ0n) is 18.8. The number of benzene rings is 3. The third-order valence-electron chi connectivity index (χ3n) is 6.07. The fraction of sp³-hybridized carbons (Fsp3) is 0.115. The summed E-state index contributed by atoms with van der Waals surface area (Å²) in [5.74, 6) is -1.56. The number of nitrogens with one attached hydrogen (secondary N) is 1. The van der Waals surface area contributed by atoms with Gasteiger partial charge in [0.05, 0.1) is 4.90 Å². The van der Waals surface area contributed by atoms with Gasteiger partial charge in [-0.3, -0.25) is 0 Å². The fourth-order valence-corrected chi connectivity index (χ4v) is 5.73. The predicted molar refractivity (Wildman–Crippen MR) is 130 cm³/mol. The second-order valence-corrected chi connectivity index (χ2v) is 10.3. The summed E-state index contributed by atoms with van der Waals surface area (Å²) in [7, 11) is -4.10. The van der Waals surface area contributed by atoms with Gasteiger partial charge in [-0.15, -0.1) is 0 Å². The van der Waals surface area contributed by atoms with E-state index in [1.54, 1.807) is 30.3 Å². The van der Waals surface area contributed by atoms with E-state index < -0.39 is 33.5 Å². The molecular formula is C26H21F3N4O2S. The highest BCUT2D eigenvalue weighted by Crippen LogP contribution is 2.39. The van der Waals surface area contributed by atoms with Crippen molar-refractivity contribution in [3.05, 3.63) is 118 Å². The third-order valence-corrected chi connectivity index (χ3v) is 7.88. The van der Waals surface area contributed by atoms with Gasteiger partial charge in [0.15, 0.2) is 5.96 Å². The maximum absolute atomic E-state index is 14.8. The molecule has 0 radical (unpaired) electrons. The van der Waals surface area contributed by atoms with Crippen LogP contribution in [0.1, 0.15) is 17.2 Å². The van der Waals surface area contributed by atoms with Crippen LogP contribution in [0, 0.1) is 17.5 Å². The number of nitrogens with zero attached hydrogens (tertiary/aromatic N) is 2. The normalized spacial score (nSPS) is 19.6. The first kappa shape index (κ1) is 23.8. The molecule has 0 spiro atoms. The van der Waals surface area contributed by atoms with E-state index in [4.69, 9.17) is 5.73 Å². The van der Waals surface area contributed by atoms with Crippen LogP contribution in [0.15, 0.2) is 99.5 Å². The van der Waals surface area contributed by atoms with Crippen LogP contribution in [-0.2, 0) is 10.0 Å². The Hall–Kier alpha value is -3.89. The summed E-state index contributed by atoms with van der Waals surface area (Å²) < 4.78 is 71.0. The first-order valence-electron chi connectivity index (χ1n) is 11.0. The number of guanidine groups is 1. The lowest BCUT2D eigenvalue weighted by molar-refractivity contribution is 0.434. The van der Waals surface area contributed by atoms with Gasteiger partial charge in [-0.1, -0.05) is 36.4 Å². The van der Waals surface area contributed by atoms with Crippen molar-refractivity contribution in [1.29, 1.82) is 0 Å². The van der Waals surface area contributed by atoms with Gasteiger partial charge in [0.25, 0.3) is 0 Å². The fourth-order valence-electron chi connectivity index (χ4n) is 4.34. The van der Waals surface area contributed by atoms with Gasteiger partial charge in [0.1, 0.15) is 23.5 Å². The number of hydrogen-bond acceptors (Lipinski definition) is 5. The smallest absolute Gasteiger partial charge is 0.243 e. The number of hydrogen-bond donors (Lipinski definition) is 2. The van der Waals surface area contributed by atoms with Crippen molar-refractivity contribution < 1.29 is 21.6 Å². The molecule has 1 unspecified atom stereocenters. The van der Waals surface area contributed by atoms with E-state index in [0.717, 1.165) is 12.1 Å². The molecule has 184 valence electrons. The number of sulfonamides is 1. The number of halogens is 3. The van der Waals surface area contributed by atoms with Crippen LogP contribution in [-0.4, -0.2) is 31.8 Å². The van der Waals surface area contributed by atoms with Gasteiger partial charge in [0.2, 0.25) is 10.0 Å². The van der Waals surface area contributed by atoms with Crippen molar-refractivity contribution in [3.8, 4) is 0 Å². The summed E-state index contributed by atoms with van der Waals surface area (Å²) >= 11 is 0. The highest BCUT2D eigenvalue weighted by Gasteiger charge is 2.38. The van der Waals surface area contributed by atoms with Gasteiger partial charge < -0.3 is 11.1 Å². The standard InChI is InChI=1S/C26H21F3N4O2S/c27-18-9-11-19(12-10-18)36(34,35)33-14-17(13-16-5-1-3-7-22(16)28)24-21(15-33)25(32-26(30)31-24)20-6-2-4-8-23(20)29/h1-13,25H,14-15H2,(H3,30,31,32)/b17-13+. The lowest BCUT2D eigenvalue weighted by Gasteiger charge is -2.37. The Labute approximate surface area is 206 Å². The molecule has 0 aromatic heterocycles. The van der Waals surface area contributed by atoms with Crippen molar-refractivity contribution in [1.82, 2.24) is 9.62 Å². The van der Waals surface area contributed by atoms with E-state index in [1.807, 2.05) is 0 Å². The molecule has 2 heterocycles. The number of nitrogens with two attached hydrogens (primary N) is 1. The van der Waals surface area contributed by atoms with Gasteiger partial charge in [-0.05, 0) is 53.6 Å². The molecule has 3 N–H and O–H groups in total. The van der Waals surface area contributed by atoms with Crippen LogP contribution in [0.4, 0.5) is 13.2 Å². The number of rotatable bonds is 4. The summed E-state index contributed by atoms with van der Waals surface area (Å²) in [5, 5.41) is 2.97. The molecule has 2 aliphatic rings. The maximum Gasteiger partial charge on any atom is 0.243 e. The minimum atomic E-state index is -4.10. The van der Waals surface area contributed by atoms with Gasteiger partial charge in [-0.25, -0.2) is 26.6 Å². The molecule has 0 saturated carbocycles. The molecule has 3 aromatic carbocycles. The molecule has 1 atom stereocenters. The molecular weight excluding hydrogens is 489 g/mol. The molecule has 3 aromatic rings. The van der Waals surface area contributed by atoms with E-state index in [0.29, 0.717) is 16.8 Å². The Morgan fingerprint density at radius 2 is 1.58 bits per heavy atom. The first-order chi connectivity index (χ1) is 17.2. The Balaban J connectivity index is 1.67. The van der Waals surface area contributed by atoms with Crippen molar-refractivity contribution >= 4 is 22.1 Å². The Kier molecular flexibility index (Phi) is 6.15. The Morgan fingerprint density at radius 3 is 2.28 bits per heavy atom. The summed E-state index contributed by atoms with van der Waals surface area (Å²) in [5.41, 5.74) is 7.85. The molecule has 2 aliphatic heterocycles. The largest absolute Gasteiger partial charge is 0.370 e. The van der Waals surface area contributed by atoms with E-state index in [2.05, 4.69) is 10.3 Å². The van der Waals surface area contributed by atoms with Crippen molar-refractivity contribution in [2.75, 3.05) is 13.1 Å². The molecule has 5 rings (SSSR count). The summed E-state index contributed by atoms with van der Waals surface area (Å²) in [6.45, 7) is -0.260. The molecule has 36 heavy (non-hydrogen) atoms. The summed E-state index contributed by atoms with van der Waals surface area (Å²) in [4.78, 5) is 4.27. The van der Waals surface area contributed by atoms with Crippen LogP contribution in [0.2, 0.25) is 0 Å². The highest BCUT2D eigenvalue weighted by molar-refractivity contribution is 7.89. The van der Waals surface area contributed by atoms with Gasteiger partial charge in [-0.2, -0.15) is 4.31 Å². The topological polar surface area (TPSA) is 87.8 Å². The minimum Gasteiger partial charge on any atom is -0.370 e. The van der Waals surface area contributed by atoms with E-state index in [1.165, 1.54) is 40.7 Å². The van der Waals surface area contributed by atoms with Crippen molar-refractivity contribution in [2.24, 2.45) is 10.7 Å². The average molecular weight is 511 g/mol. The van der Waals surface area contributed by atoms with Gasteiger partial charge in [0, 0.05) is 29.9 Å². The molecule has 10 heteroatoms. The van der Waals surface area contributed by atoms with E-state index in [9.17, 15) is 21.6 Å². The third kappa shape index (κ3) is 4.40. The highest BCUT2D eigenvalue weighted by atomic mass is 32.2. The van der Waals surface area contributed by atoms with Crippen molar-refractivity contribution in [3.63, 3.8) is 0 Å². The monoisotopic (exact) mass is 510 g/mol. The van der Waals surface area contributed by atoms with Crippen LogP contribution in [0.25, 0.3) is 6.08 Å². The Morgan fingerprint density at radius 1 is 0.917 bits per heavy atom. The van der Waals surface area contributed by atoms with E-state index >= 15 is 0 Å². The van der Waals surface area contributed by atoms with Crippen LogP contribution >= 0.6 is 0 Å². The molecule has 0 bridgehead atoms. The number of aliphatic imine (C=N–C) groups is 1. The molecule has 0 amide bonds. The second kappa shape index (κ2) is 9.29. The second-order valence-electron chi connectivity index (χ2n) is 8.38. The lowest BCUT2D eigenvalue weighted by Crippen LogP contribution is -2.46. The SMILES string of the molecule is NC1=NC(c2ccccc2F)C2=C(N1)/C(=C/c1ccccc1F)CN(S(=O)(=O)c1ccc(F)cc1)C2. The zero-order valence-corrected chi connectivity index (χ0v) is 19.6. The summed E-state index contributed by atoms with van der Waals surface area (Å²) in [6, 6.07) is 15.7. The van der Waals surface area contributed by atoms with Crippen LogP contribution in [0.5, 0.6) is 0 Å². The lowest BCUT2D eigenvalue weighted by atomic mass is 9.90. The van der Waals surface area contributed by atoms with Crippen LogP contribution < -0.4 is 11.1 Å². The first-order valence-corrected chi connectivity index (χ1v) is 12.5. The van der Waals surface area contributed by atoms with Crippen molar-refractivity contribution in [2.45, 2.75) is 10.9 Å². The zero-order chi connectivity index (χ0) is 25.4. The summed E-state index contributed by atoms with van der Waals surface area (Å²) in [6.07, 6.45) is 1.53. The molecule has 0 fully saturated rings. The molecule has 0 saturated heterocycles. The minimum absolute atomic E-state index is 0.0243. The average Bonchev–Trinajstić information content (AvgIpc) is 2.86. The maximum atomic E-state index is 14.8. The van der Waals surface area contributed by atoms with Gasteiger partial charge >= 0.3 is 0 Å². The predicted octanol–water partition coefficient (Wildman–Crippen LogP) is 4.11.